The van der Waals surface area contributed by atoms with Crippen molar-refractivity contribution in [1.82, 2.24) is 0 Å². The molecule has 0 aromatic heterocycles. The molecule has 0 radical (unpaired) electrons. The van der Waals surface area contributed by atoms with Crippen molar-refractivity contribution >= 4 is 0 Å². The van der Waals surface area contributed by atoms with Gasteiger partial charge in [-0.25, -0.2) is 0 Å². The van der Waals surface area contributed by atoms with E-state index >= 15 is 0 Å². The highest BCUT2D eigenvalue weighted by molar-refractivity contribution is 5.05. The van der Waals surface area contributed by atoms with Gasteiger partial charge in [-0.15, -0.1) is 0 Å². The van der Waals surface area contributed by atoms with Crippen molar-refractivity contribution in [3.63, 3.8) is 0 Å². The summed E-state index contributed by atoms with van der Waals surface area (Å²) >= 11 is 0. The lowest BCUT2D eigenvalue weighted by Crippen LogP contribution is -2.14. The van der Waals surface area contributed by atoms with Crippen LogP contribution in [0.4, 0.5) is 0 Å². The van der Waals surface area contributed by atoms with Crippen LogP contribution in [0.25, 0.3) is 0 Å². The van der Waals surface area contributed by atoms with E-state index in [9.17, 15) is 0 Å². The average molecular weight is 124 g/mol. The monoisotopic (exact) mass is 124 g/mol. The highest BCUT2D eigenvalue weighted by Crippen LogP contribution is 2.34. The van der Waals surface area contributed by atoms with Crippen LogP contribution in [-0.4, -0.2) is 0 Å². The fourth-order valence-corrected chi connectivity index (χ4v) is 1.62. The van der Waals surface area contributed by atoms with Crippen LogP contribution in [-0.2, 0) is 0 Å². The molecule has 52 valence electrons. The van der Waals surface area contributed by atoms with Crippen LogP contribution < -0.4 is 0 Å². The predicted molar refractivity (Wildman–Crippen MR) is 41.4 cm³/mol. The van der Waals surface area contributed by atoms with Gasteiger partial charge in [0.2, 0.25) is 0 Å². The molecule has 0 bridgehead atoms. The molecule has 0 atom stereocenters. The zero-order valence-corrected chi connectivity index (χ0v) is 6.70. The number of hydrogen-bond acceptors (Lipinski definition) is 0. The third-order valence-corrected chi connectivity index (χ3v) is 2.07. The van der Waals surface area contributed by atoms with Gasteiger partial charge in [-0.3, -0.25) is 0 Å². The van der Waals surface area contributed by atoms with Crippen LogP contribution in [0, 0.1) is 5.41 Å². The van der Waals surface area contributed by atoms with E-state index in [2.05, 4.69) is 26.8 Å². The van der Waals surface area contributed by atoms with Crippen LogP contribution in [0.2, 0.25) is 0 Å². The molecule has 0 amide bonds. The van der Waals surface area contributed by atoms with E-state index in [1.54, 1.807) is 5.57 Å². The Morgan fingerprint density at radius 3 is 2.44 bits per heavy atom. The summed E-state index contributed by atoms with van der Waals surface area (Å²) in [6, 6.07) is 0. The first-order valence-corrected chi connectivity index (χ1v) is 3.76. The van der Waals surface area contributed by atoms with Gasteiger partial charge >= 0.3 is 0 Å². The largest absolute Gasteiger partial charge is 0.0856 e. The van der Waals surface area contributed by atoms with Crippen molar-refractivity contribution in [3.05, 3.63) is 11.6 Å². The molecule has 0 unspecified atom stereocenters. The SMILES string of the molecule is CC1=CCCC(C)(C)C1. The Kier molecular flexibility index (Phi) is 1.65. The van der Waals surface area contributed by atoms with Gasteiger partial charge in [-0.1, -0.05) is 25.5 Å². The minimum absolute atomic E-state index is 0.582. The highest BCUT2D eigenvalue weighted by atomic mass is 14.2. The molecule has 0 spiro atoms. The highest BCUT2D eigenvalue weighted by Gasteiger charge is 2.20. The van der Waals surface area contributed by atoms with Gasteiger partial charge in [0.25, 0.3) is 0 Å². The number of allylic oxidation sites excluding steroid dienone is 2. The maximum Gasteiger partial charge on any atom is -0.0271 e. The topological polar surface area (TPSA) is 0 Å². The van der Waals surface area contributed by atoms with Gasteiger partial charge < -0.3 is 0 Å². The molecule has 0 N–H and O–H groups in total. The van der Waals surface area contributed by atoms with Gasteiger partial charge in [0, 0.05) is 0 Å². The van der Waals surface area contributed by atoms with Crippen molar-refractivity contribution in [3.8, 4) is 0 Å². The molecule has 0 aromatic rings. The molecule has 0 saturated carbocycles. The first-order valence-electron chi connectivity index (χ1n) is 3.76. The molecule has 0 heterocycles. The van der Waals surface area contributed by atoms with E-state index in [0.717, 1.165) is 0 Å². The summed E-state index contributed by atoms with van der Waals surface area (Å²) in [7, 11) is 0. The van der Waals surface area contributed by atoms with Crippen LogP contribution in [0.5, 0.6) is 0 Å². The Morgan fingerprint density at radius 1 is 1.44 bits per heavy atom. The Bertz CT molecular complexity index is 129. The Balaban J connectivity index is 2.59. The third kappa shape index (κ3) is 1.85. The van der Waals surface area contributed by atoms with E-state index < -0.39 is 0 Å². The molecule has 0 aromatic carbocycles. The molecule has 0 aliphatic heterocycles. The molecule has 0 nitrogen and oxygen atoms in total. The van der Waals surface area contributed by atoms with Gasteiger partial charge in [0.15, 0.2) is 0 Å². The summed E-state index contributed by atoms with van der Waals surface area (Å²) in [5.74, 6) is 0. The summed E-state index contributed by atoms with van der Waals surface area (Å²) in [6.07, 6.45) is 6.32. The Labute approximate surface area is 58.0 Å². The maximum absolute atomic E-state index is 2.37. The zero-order chi connectivity index (χ0) is 6.91. The van der Waals surface area contributed by atoms with E-state index in [0.29, 0.717) is 5.41 Å². The number of hydrogen-bond donors (Lipinski definition) is 0. The van der Waals surface area contributed by atoms with E-state index in [1.807, 2.05) is 0 Å². The van der Waals surface area contributed by atoms with Gasteiger partial charge in [0.05, 0.1) is 0 Å². The minimum atomic E-state index is 0.582. The van der Waals surface area contributed by atoms with Crippen molar-refractivity contribution < 1.29 is 0 Å². The lowest BCUT2D eigenvalue weighted by molar-refractivity contribution is 0.320. The summed E-state index contributed by atoms with van der Waals surface area (Å²) < 4.78 is 0. The number of rotatable bonds is 0. The third-order valence-electron chi connectivity index (χ3n) is 2.07. The molecule has 1 aliphatic rings. The van der Waals surface area contributed by atoms with Crippen molar-refractivity contribution in [2.75, 3.05) is 0 Å². The standard InChI is InChI=1S/C9H16/c1-8-5-4-6-9(2,3)7-8/h5H,4,6-7H2,1-3H3. The van der Waals surface area contributed by atoms with Gasteiger partial charge in [0.1, 0.15) is 0 Å². The first-order chi connectivity index (χ1) is 4.10. The van der Waals surface area contributed by atoms with Crippen LogP contribution in [0.3, 0.4) is 0 Å². The first kappa shape index (κ1) is 6.85. The fraction of sp³-hybridized carbons (Fsp3) is 0.778. The molecule has 1 aliphatic carbocycles. The van der Waals surface area contributed by atoms with Gasteiger partial charge in [-0.2, -0.15) is 0 Å². The second-order valence-corrected chi connectivity index (χ2v) is 3.93. The van der Waals surface area contributed by atoms with Crippen molar-refractivity contribution in [2.45, 2.75) is 40.0 Å². The summed E-state index contributed by atoms with van der Waals surface area (Å²) in [6.45, 7) is 6.94. The Morgan fingerprint density at radius 2 is 2.11 bits per heavy atom. The second-order valence-electron chi connectivity index (χ2n) is 3.93. The fourth-order valence-electron chi connectivity index (χ4n) is 1.62. The molecule has 0 heteroatoms. The minimum Gasteiger partial charge on any atom is -0.0856 e. The lowest BCUT2D eigenvalue weighted by atomic mass is 9.78. The summed E-state index contributed by atoms with van der Waals surface area (Å²) in [5.41, 5.74) is 2.16. The second kappa shape index (κ2) is 2.17. The smallest absolute Gasteiger partial charge is 0.0271 e. The molecule has 9 heavy (non-hydrogen) atoms. The molecule has 1 rings (SSSR count). The quantitative estimate of drug-likeness (QED) is 0.435. The van der Waals surface area contributed by atoms with E-state index in [-0.39, 0.29) is 0 Å². The van der Waals surface area contributed by atoms with E-state index in [1.165, 1.54) is 19.3 Å². The maximum atomic E-state index is 2.37. The van der Waals surface area contributed by atoms with Crippen molar-refractivity contribution in [2.24, 2.45) is 5.41 Å². The summed E-state index contributed by atoms with van der Waals surface area (Å²) in [4.78, 5) is 0. The lowest BCUT2D eigenvalue weighted by Gasteiger charge is -2.28. The summed E-state index contributed by atoms with van der Waals surface area (Å²) in [5, 5.41) is 0. The van der Waals surface area contributed by atoms with Crippen LogP contribution in [0.15, 0.2) is 11.6 Å². The molecule has 0 fully saturated rings. The molecular weight excluding hydrogens is 108 g/mol. The molecular formula is C9H16. The van der Waals surface area contributed by atoms with E-state index in [4.69, 9.17) is 0 Å². The molecule has 0 saturated heterocycles. The normalized spacial score (nSPS) is 25.4. The van der Waals surface area contributed by atoms with Crippen LogP contribution in [0.1, 0.15) is 40.0 Å². The van der Waals surface area contributed by atoms with Crippen molar-refractivity contribution in [1.29, 1.82) is 0 Å². The Hall–Kier alpha value is -0.260. The predicted octanol–water partition coefficient (Wildman–Crippen LogP) is 3.14. The average Bonchev–Trinajstić information content (AvgIpc) is 1.60. The zero-order valence-electron chi connectivity index (χ0n) is 6.70. The van der Waals surface area contributed by atoms with Gasteiger partial charge in [-0.05, 0) is 31.6 Å². The van der Waals surface area contributed by atoms with Crippen LogP contribution >= 0.6 is 0 Å².